The van der Waals surface area contributed by atoms with Gasteiger partial charge in [-0.2, -0.15) is 13.5 Å². The van der Waals surface area contributed by atoms with Gasteiger partial charge in [-0.25, -0.2) is 4.79 Å². The molecule has 2 heterocycles. The maximum absolute atomic E-state index is 13.2. The van der Waals surface area contributed by atoms with Crippen molar-refractivity contribution in [2.45, 2.75) is 44.9 Å². The second kappa shape index (κ2) is 10.3. The van der Waals surface area contributed by atoms with Crippen molar-refractivity contribution < 1.29 is 17.9 Å². The third-order valence-electron chi connectivity index (χ3n) is 6.78. The van der Waals surface area contributed by atoms with E-state index in [4.69, 9.17) is 4.42 Å². The first-order valence-corrected chi connectivity index (χ1v) is 13.9. The van der Waals surface area contributed by atoms with Crippen LogP contribution >= 0.6 is 0 Å². The summed E-state index contributed by atoms with van der Waals surface area (Å²) in [5, 5.41) is 14.8. The number of nitrogens with one attached hydrogen (secondary N) is 1. The lowest BCUT2D eigenvalue weighted by Crippen LogP contribution is -2.22. The minimum Gasteiger partial charge on any atom is -0.507 e. The van der Waals surface area contributed by atoms with Crippen LogP contribution in [0.25, 0.3) is 0 Å². The van der Waals surface area contributed by atoms with Crippen LogP contribution < -0.4 is 10.3 Å². The van der Waals surface area contributed by atoms with Gasteiger partial charge in [-0.1, -0.05) is 43.3 Å². The minimum atomic E-state index is -3.91. The first-order valence-electron chi connectivity index (χ1n) is 12.4. The van der Waals surface area contributed by atoms with Gasteiger partial charge >= 0.3 is 15.8 Å². The smallest absolute Gasteiger partial charge is 0.343 e. The normalized spacial score (nSPS) is 14.4. The third-order valence-corrected chi connectivity index (χ3v) is 7.98. The van der Waals surface area contributed by atoms with Crippen molar-refractivity contribution >= 4 is 15.9 Å². The molecule has 1 saturated carbocycles. The lowest BCUT2D eigenvalue weighted by atomic mass is 9.87. The highest BCUT2D eigenvalue weighted by atomic mass is 32.2. The van der Waals surface area contributed by atoms with E-state index in [1.165, 1.54) is 29.6 Å². The molecule has 4 aromatic rings. The topological polar surface area (TPSA) is 114 Å². The zero-order chi connectivity index (χ0) is 26.0. The van der Waals surface area contributed by atoms with Gasteiger partial charge in [0.05, 0.1) is 17.4 Å². The standard InChI is InChI=1S/C28H29N3O5S/c1-2-19-7-3-4-8-20(19)13-14-24-18-25(32)27(28(33)36-24)26(21-11-12-21)22-9-5-10-23(17-22)30-37(34,35)31-16-6-15-29-31/h3-10,15-18,21,26,30,32H,2,11-14H2,1H3. The van der Waals surface area contributed by atoms with Gasteiger partial charge in [0.2, 0.25) is 0 Å². The summed E-state index contributed by atoms with van der Waals surface area (Å²) in [6, 6.07) is 18.1. The van der Waals surface area contributed by atoms with Crippen molar-refractivity contribution in [2.24, 2.45) is 5.92 Å². The van der Waals surface area contributed by atoms with Gasteiger partial charge in [-0.3, -0.25) is 4.72 Å². The minimum absolute atomic E-state index is 0.0885. The number of aromatic hydroxyl groups is 1. The number of hydrogen-bond acceptors (Lipinski definition) is 6. The third kappa shape index (κ3) is 5.46. The molecular weight excluding hydrogens is 490 g/mol. The van der Waals surface area contributed by atoms with Gasteiger partial charge in [0.1, 0.15) is 11.5 Å². The molecule has 2 N–H and O–H groups in total. The molecular formula is C28H29N3O5S. The Hall–Kier alpha value is -3.85. The molecule has 0 spiro atoms. The first-order chi connectivity index (χ1) is 17.9. The molecule has 0 radical (unpaired) electrons. The summed E-state index contributed by atoms with van der Waals surface area (Å²) in [7, 11) is -3.91. The van der Waals surface area contributed by atoms with Crippen LogP contribution in [0.15, 0.2) is 82.3 Å². The summed E-state index contributed by atoms with van der Waals surface area (Å²) in [4.78, 5) is 13.2. The Bertz CT molecular complexity index is 1560. The summed E-state index contributed by atoms with van der Waals surface area (Å²) >= 11 is 0. The Morgan fingerprint density at radius 3 is 2.54 bits per heavy atom. The number of anilines is 1. The fourth-order valence-corrected chi connectivity index (χ4v) is 5.77. The van der Waals surface area contributed by atoms with E-state index in [1.807, 2.05) is 18.2 Å². The molecule has 1 atom stereocenters. The van der Waals surface area contributed by atoms with Crippen LogP contribution in [0.2, 0.25) is 0 Å². The van der Waals surface area contributed by atoms with E-state index in [9.17, 15) is 18.3 Å². The van der Waals surface area contributed by atoms with Gasteiger partial charge in [-0.15, -0.1) is 4.09 Å². The summed E-state index contributed by atoms with van der Waals surface area (Å²) in [5.41, 5.74) is 3.18. The zero-order valence-corrected chi connectivity index (χ0v) is 21.3. The predicted molar refractivity (Wildman–Crippen MR) is 141 cm³/mol. The SMILES string of the molecule is CCc1ccccc1CCc1cc(O)c(C(c2cccc(NS(=O)(=O)n3cccn3)c2)C2CC2)c(=O)o1. The summed E-state index contributed by atoms with van der Waals surface area (Å²) in [6.07, 6.45) is 6.66. The molecule has 9 heteroatoms. The predicted octanol–water partition coefficient (Wildman–Crippen LogP) is 4.64. The average molecular weight is 520 g/mol. The van der Waals surface area contributed by atoms with Crippen LogP contribution in [0.3, 0.4) is 0 Å². The lowest BCUT2D eigenvalue weighted by Gasteiger charge is -2.19. The number of rotatable bonds is 10. The monoisotopic (exact) mass is 519 g/mol. The molecule has 0 aliphatic heterocycles. The first kappa shape index (κ1) is 24.8. The molecule has 0 saturated heterocycles. The maximum atomic E-state index is 13.2. The van der Waals surface area contributed by atoms with E-state index in [2.05, 4.69) is 28.9 Å². The zero-order valence-electron chi connectivity index (χ0n) is 20.5. The Balaban J connectivity index is 1.41. The molecule has 1 fully saturated rings. The van der Waals surface area contributed by atoms with Crippen molar-refractivity contribution in [3.63, 3.8) is 0 Å². The number of hydrogen-bond donors (Lipinski definition) is 2. The fraction of sp³-hybridized carbons (Fsp3) is 0.286. The van der Waals surface area contributed by atoms with Gasteiger partial charge in [0.15, 0.2) is 0 Å². The van der Waals surface area contributed by atoms with Crippen molar-refractivity contribution in [1.29, 1.82) is 0 Å². The van der Waals surface area contributed by atoms with Crippen molar-refractivity contribution in [3.8, 4) is 5.75 Å². The van der Waals surface area contributed by atoms with Crippen molar-refractivity contribution in [3.05, 3.63) is 111 Å². The second-order valence-corrected chi connectivity index (χ2v) is 10.9. The molecule has 0 amide bonds. The van der Waals surface area contributed by atoms with E-state index in [0.717, 1.165) is 28.9 Å². The number of nitrogens with zero attached hydrogens (tertiary/aromatic N) is 2. The van der Waals surface area contributed by atoms with Crippen LogP contribution in [0.4, 0.5) is 5.69 Å². The second-order valence-electron chi connectivity index (χ2n) is 9.35. The summed E-state index contributed by atoms with van der Waals surface area (Å²) in [6.45, 7) is 2.11. The average Bonchev–Trinajstić information content (AvgIpc) is 3.54. The molecule has 0 bridgehead atoms. The van der Waals surface area contributed by atoms with Crippen molar-refractivity contribution in [2.75, 3.05) is 4.72 Å². The summed E-state index contributed by atoms with van der Waals surface area (Å²) < 4.78 is 34.2. The van der Waals surface area contributed by atoms with Crippen LogP contribution in [0, 0.1) is 5.92 Å². The number of benzene rings is 2. The Kier molecular flexibility index (Phi) is 6.88. The van der Waals surface area contributed by atoms with Gasteiger partial charge in [0.25, 0.3) is 0 Å². The Morgan fingerprint density at radius 1 is 1.08 bits per heavy atom. The lowest BCUT2D eigenvalue weighted by molar-refractivity contribution is 0.403. The molecule has 1 aliphatic carbocycles. The molecule has 8 nitrogen and oxygen atoms in total. The highest BCUT2D eigenvalue weighted by molar-refractivity contribution is 7.91. The largest absolute Gasteiger partial charge is 0.507 e. The maximum Gasteiger partial charge on any atom is 0.343 e. The highest BCUT2D eigenvalue weighted by Crippen LogP contribution is 2.48. The molecule has 5 rings (SSSR count). The van der Waals surface area contributed by atoms with Crippen molar-refractivity contribution in [1.82, 2.24) is 9.19 Å². The quantitative estimate of drug-likeness (QED) is 0.316. The van der Waals surface area contributed by atoms with Gasteiger partial charge < -0.3 is 9.52 Å². The number of aryl methyl sites for hydroxylation is 3. The molecule has 2 aromatic heterocycles. The van der Waals surface area contributed by atoms with E-state index in [-0.39, 0.29) is 17.2 Å². The van der Waals surface area contributed by atoms with Crippen LogP contribution in [-0.2, 0) is 29.5 Å². The molecule has 2 aromatic carbocycles. The van der Waals surface area contributed by atoms with Gasteiger partial charge in [0, 0.05) is 24.6 Å². The molecule has 1 aliphatic rings. The molecule has 37 heavy (non-hydrogen) atoms. The summed E-state index contributed by atoms with van der Waals surface area (Å²) in [5.74, 6) is 0.108. The van der Waals surface area contributed by atoms with Gasteiger partial charge in [-0.05, 0) is 66.5 Å². The van der Waals surface area contributed by atoms with E-state index in [0.29, 0.717) is 24.3 Å². The molecule has 1 unspecified atom stereocenters. The van der Waals surface area contributed by atoms with Crippen LogP contribution in [0.5, 0.6) is 5.75 Å². The van der Waals surface area contributed by atoms with Crippen LogP contribution in [-0.4, -0.2) is 22.7 Å². The Labute approximate surface area is 215 Å². The van der Waals surface area contributed by atoms with E-state index in [1.54, 1.807) is 24.3 Å². The van der Waals surface area contributed by atoms with E-state index < -0.39 is 21.8 Å². The van der Waals surface area contributed by atoms with E-state index >= 15 is 0 Å². The highest BCUT2D eigenvalue weighted by Gasteiger charge is 2.37. The number of aromatic nitrogens is 2. The van der Waals surface area contributed by atoms with Crippen LogP contribution in [0.1, 0.15) is 53.7 Å². The fourth-order valence-electron chi connectivity index (χ4n) is 4.84. The molecule has 192 valence electrons. The Morgan fingerprint density at radius 2 is 1.86 bits per heavy atom.